The van der Waals surface area contributed by atoms with Crippen molar-refractivity contribution in [3.8, 4) is 27.9 Å². The van der Waals surface area contributed by atoms with Crippen LogP contribution in [0.4, 0.5) is 0 Å². The zero-order chi connectivity index (χ0) is 30.9. The van der Waals surface area contributed by atoms with Gasteiger partial charge in [-0.05, 0) is 63.3 Å². The number of rotatable bonds is 3. The second kappa shape index (κ2) is 8.21. The smallest absolute Gasteiger partial charge is 0.111 e. The fourth-order valence-corrected chi connectivity index (χ4v) is 5.21. The van der Waals surface area contributed by atoms with Crippen molar-refractivity contribution in [1.29, 1.82) is 0 Å². The molecule has 2 heteroatoms. The van der Waals surface area contributed by atoms with Crippen LogP contribution in [0.2, 0.25) is 0 Å². The van der Waals surface area contributed by atoms with E-state index in [-0.39, 0.29) is 23.5 Å². The third-order valence-electron chi connectivity index (χ3n) is 6.66. The molecule has 0 aliphatic rings. The fraction of sp³-hybridized carbons (Fsp3) is 0.0294. The molecule has 0 unspecified atom stereocenters. The van der Waals surface area contributed by atoms with Crippen LogP contribution in [0.3, 0.4) is 0 Å². The Morgan fingerprint density at radius 2 is 1.22 bits per heavy atom. The minimum absolute atomic E-state index is 0.0458. The molecule has 36 heavy (non-hydrogen) atoms. The number of hydrogen-bond donors (Lipinski definition) is 0. The maximum Gasteiger partial charge on any atom is 0.111 e. The van der Waals surface area contributed by atoms with Gasteiger partial charge in [0.1, 0.15) is 5.82 Å². The zero-order valence-corrected chi connectivity index (χ0v) is 19.1. The quantitative estimate of drug-likeness (QED) is 0.237. The van der Waals surface area contributed by atoms with Gasteiger partial charge in [-0.3, -0.25) is 4.57 Å². The molecule has 2 nitrogen and oxygen atoms in total. The van der Waals surface area contributed by atoms with Crippen molar-refractivity contribution in [3.63, 3.8) is 0 Å². The van der Waals surface area contributed by atoms with E-state index in [2.05, 4.69) is 4.98 Å². The van der Waals surface area contributed by atoms with Crippen molar-refractivity contribution in [1.82, 2.24) is 9.55 Å². The largest absolute Gasteiger partial charge is 0.296 e. The van der Waals surface area contributed by atoms with E-state index in [1.165, 1.54) is 0 Å². The van der Waals surface area contributed by atoms with E-state index in [0.29, 0.717) is 33.1 Å². The molecule has 0 atom stereocenters. The van der Waals surface area contributed by atoms with Crippen LogP contribution < -0.4 is 0 Å². The normalized spacial score (nSPS) is 15.0. The Bertz CT molecular complexity index is 2200. The summed E-state index contributed by atoms with van der Waals surface area (Å²) in [6.45, 7) is -2.48. The Hall–Kier alpha value is -4.69. The number of aromatic nitrogens is 2. The first-order valence-electron chi connectivity index (χ1n) is 15.7. The highest BCUT2D eigenvalue weighted by atomic mass is 15.1. The topological polar surface area (TPSA) is 17.8 Å². The standard InChI is InChI=1S/C34H24N2/c1-23-35-30-20-10-12-22-32(30)36(23)31-21-11-9-19-29(31)34-27-17-7-5-15-25(27)33(24-13-3-2-4-14-24)26-16-6-8-18-28(26)34/h2-22H,1H3/i1D3,2D,3D,4D,13D,14D. The molecule has 7 rings (SSSR count). The molecule has 0 aliphatic carbocycles. The maximum atomic E-state index is 8.79. The summed E-state index contributed by atoms with van der Waals surface area (Å²) in [5, 5.41) is 3.00. The molecule has 0 aliphatic heterocycles. The van der Waals surface area contributed by atoms with E-state index in [9.17, 15) is 0 Å². The van der Waals surface area contributed by atoms with Crippen LogP contribution in [0.25, 0.3) is 60.5 Å². The Balaban J connectivity index is 1.65. The summed E-state index contributed by atoms with van der Waals surface area (Å²) in [4.78, 5) is 4.52. The van der Waals surface area contributed by atoms with Gasteiger partial charge in [-0.15, -0.1) is 0 Å². The summed E-state index contributed by atoms with van der Waals surface area (Å²) in [5.41, 5.74) is 4.14. The molecule has 0 amide bonds. The molecular weight excluding hydrogens is 436 g/mol. The lowest BCUT2D eigenvalue weighted by molar-refractivity contribution is 1.00. The predicted octanol–water partition coefficient (Wildman–Crippen LogP) is 8.97. The highest BCUT2D eigenvalue weighted by molar-refractivity contribution is 6.22. The van der Waals surface area contributed by atoms with Gasteiger partial charge >= 0.3 is 0 Å². The van der Waals surface area contributed by atoms with Crippen LogP contribution in [0, 0.1) is 6.85 Å². The van der Waals surface area contributed by atoms with Gasteiger partial charge in [-0.2, -0.15) is 0 Å². The number of benzene rings is 6. The van der Waals surface area contributed by atoms with Crippen LogP contribution in [0.5, 0.6) is 0 Å². The third kappa shape index (κ3) is 3.08. The monoisotopic (exact) mass is 468 g/mol. The molecule has 7 aromatic rings. The van der Waals surface area contributed by atoms with Crippen LogP contribution in [0.15, 0.2) is 127 Å². The zero-order valence-electron chi connectivity index (χ0n) is 27.1. The lowest BCUT2D eigenvalue weighted by atomic mass is 9.85. The molecule has 6 aromatic carbocycles. The van der Waals surface area contributed by atoms with Crippen molar-refractivity contribution in [2.45, 2.75) is 6.85 Å². The van der Waals surface area contributed by atoms with Crippen LogP contribution in [-0.4, -0.2) is 9.55 Å². The first-order valence-corrected chi connectivity index (χ1v) is 11.7. The van der Waals surface area contributed by atoms with Crippen LogP contribution in [-0.2, 0) is 0 Å². The lowest BCUT2D eigenvalue weighted by Crippen LogP contribution is -2.00. The molecule has 0 saturated heterocycles. The first-order chi connectivity index (χ1) is 21.1. The summed E-state index contributed by atoms with van der Waals surface area (Å²) >= 11 is 0. The average molecular weight is 469 g/mol. The molecule has 0 fully saturated rings. The Morgan fingerprint density at radius 1 is 0.639 bits per heavy atom. The first kappa shape index (κ1) is 14.0. The fourth-order valence-electron chi connectivity index (χ4n) is 5.21. The summed E-state index contributed by atoms with van der Waals surface area (Å²) in [5.74, 6) is -0.0458. The molecule has 0 saturated carbocycles. The SMILES string of the molecule is [2H]c1c([2H])c([2H])c(-c2c3ccccc3c(-c3ccccc3-n3c(C([2H])([2H])[2H])nc4ccccc43)c3ccccc23)c([2H])c1[2H]. The number of aryl methyl sites for hydroxylation is 1. The summed E-state index contributed by atoms with van der Waals surface area (Å²) < 4.78 is 69.1. The third-order valence-corrected chi connectivity index (χ3v) is 6.66. The van der Waals surface area contributed by atoms with Crippen LogP contribution >= 0.6 is 0 Å². The van der Waals surface area contributed by atoms with Crippen molar-refractivity contribution < 1.29 is 11.0 Å². The van der Waals surface area contributed by atoms with E-state index < -0.39 is 25.0 Å². The predicted molar refractivity (Wildman–Crippen MR) is 152 cm³/mol. The van der Waals surface area contributed by atoms with Gasteiger partial charge in [0.2, 0.25) is 0 Å². The van der Waals surface area contributed by atoms with Gasteiger partial charge in [0, 0.05) is 9.68 Å². The number of imidazole rings is 1. The van der Waals surface area contributed by atoms with E-state index >= 15 is 0 Å². The molecule has 0 spiro atoms. The number of nitrogens with zero attached hydrogens (tertiary/aromatic N) is 2. The van der Waals surface area contributed by atoms with Crippen LogP contribution in [0.1, 0.15) is 16.8 Å². The lowest BCUT2D eigenvalue weighted by Gasteiger charge is -2.20. The minimum atomic E-state index is -2.48. The summed E-state index contributed by atoms with van der Waals surface area (Å²) in [7, 11) is 0. The van der Waals surface area contributed by atoms with E-state index in [0.717, 1.165) is 21.9 Å². The Labute approximate surface area is 221 Å². The molecule has 170 valence electrons. The molecule has 0 bridgehead atoms. The number of hydrogen-bond acceptors (Lipinski definition) is 1. The molecule has 1 heterocycles. The minimum Gasteiger partial charge on any atom is -0.296 e. The number of fused-ring (bicyclic) bond motifs is 3. The molecular formula is C34H24N2. The van der Waals surface area contributed by atoms with Gasteiger partial charge in [0.15, 0.2) is 0 Å². The van der Waals surface area contributed by atoms with Crippen molar-refractivity contribution in [3.05, 3.63) is 133 Å². The van der Waals surface area contributed by atoms with E-state index in [1.807, 2.05) is 91.0 Å². The van der Waals surface area contributed by atoms with Gasteiger partial charge in [-0.25, -0.2) is 4.98 Å². The van der Waals surface area contributed by atoms with Gasteiger partial charge in [0.05, 0.1) is 23.6 Å². The second-order valence-electron chi connectivity index (χ2n) is 8.62. The highest BCUT2D eigenvalue weighted by Crippen LogP contribution is 2.45. The second-order valence-corrected chi connectivity index (χ2v) is 8.62. The van der Waals surface area contributed by atoms with Gasteiger partial charge in [0.25, 0.3) is 0 Å². The van der Waals surface area contributed by atoms with Crippen molar-refractivity contribution >= 4 is 32.6 Å². The van der Waals surface area contributed by atoms with Gasteiger partial charge < -0.3 is 0 Å². The summed E-state index contributed by atoms with van der Waals surface area (Å²) in [6, 6.07) is 28.4. The Morgan fingerprint density at radius 3 is 1.92 bits per heavy atom. The van der Waals surface area contributed by atoms with Crippen molar-refractivity contribution in [2.75, 3.05) is 0 Å². The molecule has 1 aromatic heterocycles. The maximum absolute atomic E-state index is 8.79. The Kier molecular flexibility index (Phi) is 3.20. The highest BCUT2D eigenvalue weighted by Gasteiger charge is 2.20. The van der Waals surface area contributed by atoms with Crippen molar-refractivity contribution in [2.24, 2.45) is 0 Å². The van der Waals surface area contributed by atoms with Gasteiger partial charge in [-0.1, -0.05) is 109 Å². The average Bonchev–Trinajstić information content (AvgIpc) is 3.43. The molecule has 0 radical (unpaired) electrons. The summed E-state index contributed by atoms with van der Waals surface area (Å²) in [6.07, 6.45) is 0. The number of para-hydroxylation sites is 3. The molecule has 0 N–H and O–H groups in total. The van der Waals surface area contributed by atoms with E-state index in [1.54, 1.807) is 10.6 Å². The van der Waals surface area contributed by atoms with E-state index in [4.69, 9.17) is 11.0 Å².